The number of rotatable bonds is 8. The van der Waals surface area contributed by atoms with Gasteiger partial charge in [-0.2, -0.15) is 0 Å². The number of hydrogen-bond acceptors (Lipinski definition) is 5. The number of piperazine rings is 1. The Morgan fingerprint density at radius 2 is 1.81 bits per heavy atom. The van der Waals surface area contributed by atoms with Crippen LogP contribution in [0.3, 0.4) is 0 Å². The maximum Gasteiger partial charge on any atom is 0.173 e. The smallest absolute Gasteiger partial charge is 0.173 e. The average molecular weight is 390 g/mol. The van der Waals surface area contributed by atoms with E-state index in [4.69, 9.17) is 0 Å². The first-order valence-electron chi connectivity index (χ1n) is 9.57. The Morgan fingerprint density at radius 3 is 2.44 bits per heavy atom. The highest BCUT2D eigenvalue weighted by Crippen LogP contribution is 2.28. The van der Waals surface area contributed by atoms with E-state index in [1.165, 1.54) is 5.56 Å². The molecule has 0 bridgehead atoms. The summed E-state index contributed by atoms with van der Waals surface area (Å²) in [5.41, 5.74) is 1.25. The van der Waals surface area contributed by atoms with Crippen LogP contribution >= 0.6 is 0 Å². The minimum absolute atomic E-state index is 0. The molecule has 27 heavy (non-hydrogen) atoms. The van der Waals surface area contributed by atoms with Gasteiger partial charge in [-0.05, 0) is 28.3 Å². The Morgan fingerprint density at radius 1 is 1.11 bits per heavy atom. The van der Waals surface area contributed by atoms with E-state index in [0.29, 0.717) is 5.92 Å². The van der Waals surface area contributed by atoms with E-state index in [-0.39, 0.29) is 18.4 Å². The fourth-order valence-corrected chi connectivity index (χ4v) is 3.49. The first kappa shape index (κ1) is 21.5. The lowest BCUT2D eigenvalue weighted by Gasteiger charge is -2.38. The molecule has 6 nitrogen and oxygen atoms in total. The largest absolute Gasteiger partial charge is 1.00 e. The summed E-state index contributed by atoms with van der Waals surface area (Å²) in [4.78, 5) is 4.94. The highest BCUT2D eigenvalue weighted by molar-refractivity contribution is 5.25. The van der Waals surface area contributed by atoms with Crippen LogP contribution < -0.4 is 12.4 Å². The summed E-state index contributed by atoms with van der Waals surface area (Å²) < 4.78 is 1.99. The van der Waals surface area contributed by atoms with Gasteiger partial charge in [0.1, 0.15) is 0 Å². The van der Waals surface area contributed by atoms with Gasteiger partial charge in [-0.3, -0.25) is 9.80 Å². The zero-order chi connectivity index (χ0) is 18.4. The van der Waals surface area contributed by atoms with Crippen molar-refractivity contribution in [3.05, 3.63) is 54.4 Å². The SMILES string of the molecule is C=CCN1CCN(C(c2ccccc2)c2nnnn2CCC(C)C)CC1.[Cl-]. The lowest BCUT2D eigenvalue weighted by atomic mass is 10.0. The Bertz CT molecular complexity index is 679. The first-order valence-corrected chi connectivity index (χ1v) is 9.57. The highest BCUT2D eigenvalue weighted by atomic mass is 35.5. The molecule has 1 atom stereocenters. The van der Waals surface area contributed by atoms with Gasteiger partial charge in [0, 0.05) is 39.3 Å². The van der Waals surface area contributed by atoms with Gasteiger partial charge in [-0.1, -0.05) is 50.3 Å². The topological polar surface area (TPSA) is 50.1 Å². The van der Waals surface area contributed by atoms with E-state index in [9.17, 15) is 0 Å². The molecule has 0 N–H and O–H groups in total. The average Bonchev–Trinajstić information content (AvgIpc) is 3.11. The molecule has 1 unspecified atom stereocenters. The molecule has 2 aromatic rings. The fourth-order valence-electron chi connectivity index (χ4n) is 3.49. The van der Waals surface area contributed by atoms with Crippen LogP contribution in [0.5, 0.6) is 0 Å². The van der Waals surface area contributed by atoms with E-state index in [2.05, 4.69) is 76.1 Å². The van der Waals surface area contributed by atoms with Crippen LogP contribution in [0.25, 0.3) is 0 Å². The van der Waals surface area contributed by atoms with Crippen molar-refractivity contribution in [2.24, 2.45) is 5.92 Å². The molecule has 2 heterocycles. The molecule has 0 radical (unpaired) electrons. The fraction of sp³-hybridized carbons (Fsp3) is 0.550. The van der Waals surface area contributed by atoms with Gasteiger partial charge in [-0.25, -0.2) is 4.68 Å². The summed E-state index contributed by atoms with van der Waals surface area (Å²) in [5, 5.41) is 12.7. The van der Waals surface area contributed by atoms with Crippen molar-refractivity contribution in [3.8, 4) is 0 Å². The van der Waals surface area contributed by atoms with Crippen molar-refractivity contribution in [2.75, 3.05) is 32.7 Å². The highest BCUT2D eigenvalue weighted by Gasteiger charge is 2.30. The molecule has 1 saturated heterocycles. The molecule has 148 valence electrons. The zero-order valence-corrected chi connectivity index (χ0v) is 17.1. The molecule has 1 aromatic carbocycles. The van der Waals surface area contributed by atoms with Crippen molar-refractivity contribution in [3.63, 3.8) is 0 Å². The monoisotopic (exact) mass is 389 g/mol. The summed E-state index contributed by atoms with van der Waals surface area (Å²) in [7, 11) is 0. The lowest BCUT2D eigenvalue weighted by Crippen LogP contribution is -3.00. The molecule has 0 amide bonds. The van der Waals surface area contributed by atoms with Gasteiger partial charge in [0.15, 0.2) is 5.82 Å². The van der Waals surface area contributed by atoms with Crippen molar-refractivity contribution >= 4 is 0 Å². The third kappa shape index (κ3) is 5.61. The Labute approximate surface area is 168 Å². The molecular formula is C20H30ClN6-. The second kappa shape index (κ2) is 10.5. The second-order valence-electron chi connectivity index (χ2n) is 7.38. The third-order valence-corrected chi connectivity index (χ3v) is 5.00. The number of aryl methyl sites for hydroxylation is 1. The van der Waals surface area contributed by atoms with Crippen LogP contribution in [-0.2, 0) is 6.54 Å². The molecular weight excluding hydrogens is 360 g/mol. The van der Waals surface area contributed by atoms with Crippen molar-refractivity contribution in [1.29, 1.82) is 0 Å². The Balaban J connectivity index is 0.00000261. The molecule has 0 saturated carbocycles. The van der Waals surface area contributed by atoms with Gasteiger partial charge < -0.3 is 12.4 Å². The van der Waals surface area contributed by atoms with Crippen LogP contribution in [0, 0.1) is 5.92 Å². The summed E-state index contributed by atoms with van der Waals surface area (Å²) in [5.74, 6) is 1.58. The van der Waals surface area contributed by atoms with Crippen LogP contribution in [0.15, 0.2) is 43.0 Å². The van der Waals surface area contributed by atoms with Gasteiger partial charge >= 0.3 is 0 Å². The molecule has 1 aromatic heterocycles. The minimum Gasteiger partial charge on any atom is -1.00 e. The Hall–Kier alpha value is -1.76. The summed E-state index contributed by atoms with van der Waals surface area (Å²) >= 11 is 0. The van der Waals surface area contributed by atoms with Crippen LogP contribution in [-0.4, -0.2) is 62.7 Å². The van der Waals surface area contributed by atoms with Gasteiger partial charge in [-0.15, -0.1) is 11.7 Å². The van der Waals surface area contributed by atoms with Crippen molar-refractivity contribution in [2.45, 2.75) is 32.9 Å². The lowest BCUT2D eigenvalue weighted by molar-refractivity contribution is -0.00000574. The standard InChI is InChI=1S/C20H30N6.ClH/c1-4-11-24-13-15-25(16-14-24)19(18-8-6-5-7-9-18)20-21-22-23-26(20)12-10-17(2)3;/h4-9,17,19H,1,10-16H2,2-3H3;1H/p-1. The second-order valence-corrected chi connectivity index (χ2v) is 7.38. The van der Waals surface area contributed by atoms with E-state index < -0.39 is 0 Å². The molecule has 1 fully saturated rings. The third-order valence-electron chi connectivity index (χ3n) is 5.00. The number of halogens is 1. The maximum absolute atomic E-state index is 4.43. The predicted octanol–water partition coefficient (Wildman–Crippen LogP) is -0.384. The molecule has 0 aliphatic carbocycles. The predicted molar refractivity (Wildman–Crippen MR) is 104 cm³/mol. The van der Waals surface area contributed by atoms with E-state index in [1.807, 2.05) is 10.8 Å². The molecule has 3 rings (SSSR count). The summed E-state index contributed by atoms with van der Waals surface area (Å²) in [6.07, 6.45) is 3.06. The summed E-state index contributed by atoms with van der Waals surface area (Å²) in [6.45, 7) is 14.2. The first-order chi connectivity index (χ1) is 12.7. The number of aromatic nitrogens is 4. The normalized spacial score (nSPS) is 16.9. The molecule has 7 heteroatoms. The number of tetrazole rings is 1. The minimum atomic E-state index is 0. The number of hydrogen-bond donors (Lipinski definition) is 0. The van der Waals surface area contributed by atoms with E-state index >= 15 is 0 Å². The molecule has 0 spiro atoms. The number of benzene rings is 1. The van der Waals surface area contributed by atoms with E-state index in [1.54, 1.807) is 0 Å². The zero-order valence-electron chi connectivity index (χ0n) is 16.3. The van der Waals surface area contributed by atoms with Gasteiger partial charge in [0.25, 0.3) is 0 Å². The maximum atomic E-state index is 4.43. The quantitative estimate of drug-likeness (QED) is 0.576. The van der Waals surface area contributed by atoms with Gasteiger partial charge in [0.05, 0.1) is 6.04 Å². The molecule has 1 aliphatic heterocycles. The van der Waals surface area contributed by atoms with Crippen LogP contribution in [0.2, 0.25) is 0 Å². The van der Waals surface area contributed by atoms with Crippen molar-refractivity contribution in [1.82, 2.24) is 30.0 Å². The summed E-state index contributed by atoms with van der Waals surface area (Å²) in [6, 6.07) is 10.7. The van der Waals surface area contributed by atoms with Crippen LogP contribution in [0.4, 0.5) is 0 Å². The van der Waals surface area contributed by atoms with E-state index in [0.717, 1.165) is 51.5 Å². The Kier molecular flexibility index (Phi) is 8.41. The van der Waals surface area contributed by atoms with Gasteiger partial charge in [0.2, 0.25) is 0 Å². The number of nitrogens with zero attached hydrogens (tertiary/aromatic N) is 6. The molecule has 1 aliphatic rings. The van der Waals surface area contributed by atoms with Crippen molar-refractivity contribution < 1.29 is 12.4 Å². The van der Waals surface area contributed by atoms with Crippen LogP contribution in [0.1, 0.15) is 37.7 Å².